The highest BCUT2D eigenvalue weighted by Gasteiger charge is 2.43. The van der Waals surface area contributed by atoms with Crippen LogP contribution < -0.4 is 5.32 Å². The first kappa shape index (κ1) is 18.9. The normalized spacial score (nSPS) is 26.6. The van der Waals surface area contributed by atoms with E-state index in [1.165, 1.54) is 30.5 Å². The molecule has 4 nitrogen and oxygen atoms in total. The summed E-state index contributed by atoms with van der Waals surface area (Å²) in [5.74, 6) is 1.71. The van der Waals surface area contributed by atoms with Crippen molar-refractivity contribution in [3.05, 3.63) is 54.0 Å². The first-order valence-corrected chi connectivity index (χ1v) is 11.5. The zero-order valence-corrected chi connectivity index (χ0v) is 17.2. The van der Waals surface area contributed by atoms with E-state index in [0.29, 0.717) is 5.78 Å². The van der Waals surface area contributed by atoms with Crippen LogP contribution in [-0.4, -0.2) is 29.3 Å². The van der Waals surface area contributed by atoms with Gasteiger partial charge in [-0.1, -0.05) is 37.5 Å². The van der Waals surface area contributed by atoms with Crippen LogP contribution in [0.5, 0.6) is 0 Å². The van der Waals surface area contributed by atoms with Crippen LogP contribution in [0, 0.1) is 5.92 Å². The Bertz CT molecular complexity index is 825. The number of carbonyl (C=O) groups excluding carboxylic acids is 1. The second-order valence-electron chi connectivity index (χ2n) is 9.04. The van der Waals surface area contributed by atoms with E-state index in [4.69, 9.17) is 4.42 Å². The third-order valence-electron chi connectivity index (χ3n) is 7.29. The molecule has 0 radical (unpaired) electrons. The second-order valence-corrected chi connectivity index (χ2v) is 9.04. The lowest BCUT2D eigenvalue weighted by Gasteiger charge is -2.41. The van der Waals surface area contributed by atoms with Crippen molar-refractivity contribution in [1.29, 1.82) is 0 Å². The molecular weight excluding hydrogens is 360 g/mol. The topological polar surface area (TPSA) is 45.5 Å². The Balaban J connectivity index is 1.45. The molecular formula is C25H32N2O2. The number of hydrogen-bond acceptors (Lipinski definition) is 4. The third-order valence-corrected chi connectivity index (χ3v) is 7.29. The van der Waals surface area contributed by atoms with Crippen molar-refractivity contribution >= 4 is 11.5 Å². The summed E-state index contributed by atoms with van der Waals surface area (Å²) in [6.45, 7) is 0.980. The van der Waals surface area contributed by atoms with Crippen molar-refractivity contribution in [2.24, 2.45) is 5.92 Å². The summed E-state index contributed by atoms with van der Waals surface area (Å²) in [5, 5.41) is 3.77. The predicted octanol–water partition coefficient (Wildman–Crippen LogP) is 5.36. The van der Waals surface area contributed by atoms with Gasteiger partial charge in [0, 0.05) is 17.6 Å². The Morgan fingerprint density at radius 2 is 1.86 bits per heavy atom. The Labute approximate surface area is 173 Å². The van der Waals surface area contributed by atoms with Crippen LogP contribution in [0.1, 0.15) is 68.7 Å². The van der Waals surface area contributed by atoms with Gasteiger partial charge >= 0.3 is 0 Å². The number of ketones is 1. The summed E-state index contributed by atoms with van der Waals surface area (Å²) in [7, 11) is 0. The van der Waals surface area contributed by atoms with E-state index < -0.39 is 0 Å². The monoisotopic (exact) mass is 392 g/mol. The van der Waals surface area contributed by atoms with Gasteiger partial charge in [0.05, 0.1) is 18.3 Å². The fourth-order valence-electron chi connectivity index (χ4n) is 5.83. The van der Waals surface area contributed by atoms with Gasteiger partial charge in [0.1, 0.15) is 5.76 Å². The molecule has 3 atom stereocenters. The fourth-order valence-corrected chi connectivity index (χ4v) is 5.83. The highest BCUT2D eigenvalue weighted by molar-refractivity contribution is 5.88. The van der Waals surface area contributed by atoms with Crippen molar-refractivity contribution in [2.45, 2.75) is 75.9 Å². The average molecular weight is 393 g/mol. The minimum Gasteiger partial charge on any atom is -0.468 e. The predicted molar refractivity (Wildman–Crippen MR) is 115 cm³/mol. The molecule has 0 amide bonds. The number of anilines is 1. The van der Waals surface area contributed by atoms with E-state index in [0.717, 1.165) is 50.8 Å². The Kier molecular flexibility index (Phi) is 5.45. The number of rotatable bonds is 5. The number of nitrogens with one attached hydrogen (secondary N) is 1. The molecule has 1 saturated heterocycles. The minimum absolute atomic E-state index is 0.0657. The molecule has 3 heterocycles. The first-order valence-electron chi connectivity index (χ1n) is 11.5. The number of furan rings is 1. The maximum absolute atomic E-state index is 13.9. The highest BCUT2D eigenvalue weighted by Crippen LogP contribution is 2.39. The number of aryl methyl sites for hydroxylation is 1. The lowest BCUT2D eigenvalue weighted by molar-refractivity contribution is -0.130. The van der Waals surface area contributed by atoms with E-state index >= 15 is 0 Å². The van der Waals surface area contributed by atoms with Crippen molar-refractivity contribution in [3.8, 4) is 0 Å². The second kappa shape index (κ2) is 8.35. The summed E-state index contributed by atoms with van der Waals surface area (Å²) in [6, 6.07) is 13.0. The molecule has 5 rings (SSSR count). The number of fused-ring (bicyclic) bond motifs is 1. The van der Waals surface area contributed by atoms with Gasteiger partial charge < -0.3 is 9.73 Å². The van der Waals surface area contributed by atoms with Crippen LogP contribution in [0.4, 0.5) is 5.69 Å². The number of para-hydroxylation sites is 1. The molecule has 1 aromatic heterocycles. The molecule has 0 spiro atoms. The van der Waals surface area contributed by atoms with Crippen LogP contribution in [-0.2, 0) is 11.2 Å². The molecule has 29 heavy (non-hydrogen) atoms. The fraction of sp³-hybridized carbons (Fsp3) is 0.560. The maximum Gasteiger partial charge on any atom is 0.155 e. The number of benzene rings is 1. The number of nitrogens with zero attached hydrogens (tertiary/aromatic N) is 1. The molecule has 2 fully saturated rings. The Hall–Kier alpha value is -2.07. The smallest absolute Gasteiger partial charge is 0.155 e. The van der Waals surface area contributed by atoms with Gasteiger partial charge in [-0.15, -0.1) is 0 Å². The summed E-state index contributed by atoms with van der Waals surface area (Å²) >= 11 is 0. The van der Waals surface area contributed by atoms with Gasteiger partial charge in [-0.2, -0.15) is 0 Å². The van der Waals surface area contributed by atoms with E-state index in [2.05, 4.69) is 40.5 Å². The van der Waals surface area contributed by atoms with E-state index in [1.807, 2.05) is 6.07 Å². The van der Waals surface area contributed by atoms with Crippen LogP contribution in [0.3, 0.4) is 0 Å². The van der Waals surface area contributed by atoms with Crippen LogP contribution in [0.2, 0.25) is 0 Å². The number of Topliss-reactive ketones (excluding diaryl/α,β-unsaturated/α-hetero) is 1. The highest BCUT2D eigenvalue weighted by atomic mass is 16.3. The minimum atomic E-state index is -0.0657. The molecule has 3 unspecified atom stereocenters. The summed E-state index contributed by atoms with van der Waals surface area (Å²) < 4.78 is 5.79. The number of carbonyl (C=O) groups is 1. The number of likely N-dealkylation sites (tertiary alicyclic amines) is 1. The molecule has 1 saturated carbocycles. The van der Waals surface area contributed by atoms with Gasteiger partial charge in [-0.05, 0) is 68.8 Å². The lowest BCUT2D eigenvalue weighted by atomic mass is 9.80. The maximum atomic E-state index is 13.9. The van der Waals surface area contributed by atoms with Crippen LogP contribution in [0.15, 0.2) is 47.1 Å². The van der Waals surface area contributed by atoms with Crippen molar-refractivity contribution in [3.63, 3.8) is 0 Å². The molecule has 1 aliphatic carbocycles. The molecule has 1 aromatic carbocycles. The van der Waals surface area contributed by atoms with Crippen molar-refractivity contribution in [2.75, 3.05) is 11.9 Å². The first-order chi connectivity index (χ1) is 14.3. The van der Waals surface area contributed by atoms with E-state index in [-0.39, 0.29) is 24.0 Å². The molecule has 1 N–H and O–H groups in total. The third kappa shape index (κ3) is 3.75. The summed E-state index contributed by atoms with van der Waals surface area (Å²) in [4.78, 5) is 16.4. The zero-order valence-electron chi connectivity index (χ0n) is 17.2. The van der Waals surface area contributed by atoms with Crippen molar-refractivity contribution in [1.82, 2.24) is 4.90 Å². The van der Waals surface area contributed by atoms with Gasteiger partial charge in [-0.3, -0.25) is 9.69 Å². The molecule has 154 valence electrons. The van der Waals surface area contributed by atoms with Crippen molar-refractivity contribution < 1.29 is 9.21 Å². The largest absolute Gasteiger partial charge is 0.468 e. The van der Waals surface area contributed by atoms with Gasteiger partial charge in [0.2, 0.25) is 0 Å². The van der Waals surface area contributed by atoms with Gasteiger partial charge in [0.25, 0.3) is 0 Å². The Morgan fingerprint density at radius 3 is 2.69 bits per heavy atom. The summed E-state index contributed by atoms with van der Waals surface area (Å²) in [6.07, 6.45) is 11.8. The SMILES string of the molecule is O=C(C1CCCCC1)C(C1CCc2ccccc2N1)N1CCCC1c1ccco1. The molecule has 2 aromatic rings. The van der Waals surface area contributed by atoms with Crippen LogP contribution in [0.25, 0.3) is 0 Å². The molecule has 3 aliphatic rings. The molecule has 2 aliphatic heterocycles. The quantitative estimate of drug-likeness (QED) is 0.744. The zero-order chi connectivity index (χ0) is 19.6. The number of hydrogen-bond donors (Lipinski definition) is 1. The average Bonchev–Trinajstić information content (AvgIpc) is 3.46. The van der Waals surface area contributed by atoms with E-state index in [1.54, 1.807) is 6.26 Å². The molecule has 0 bridgehead atoms. The standard InChI is InChI=1S/C25H32N2O2/c28-25(19-9-2-1-3-10-19)24(21-15-14-18-8-4-5-11-20(18)26-21)27-16-6-12-22(27)23-13-7-17-29-23/h4-5,7-8,11,13,17,19,21-22,24,26H,1-3,6,9-10,12,14-16H2. The van der Waals surface area contributed by atoms with E-state index in [9.17, 15) is 4.79 Å². The Morgan fingerprint density at radius 1 is 1.00 bits per heavy atom. The van der Waals surface area contributed by atoms with Crippen LogP contribution >= 0.6 is 0 Å². The van der Waals surface area contributed by atoms with Gasteiger partial charge in [-0.25, -0.2) is 0 Å². The van der Waals surface area contributed by atoms with Gasteiger partial charge in [0.15, 0.2) is 5.78 Å². The lowest BCUT2D eigenvalue weighted by Crippen LogP contribution is -2.54. The summed E-state index contributed by atoms with van der Waals surface area (Å²) in [5.41, 5.74) is 2.58. The molecule has 4 heteroatoms.